The third-order valence-electron chi connectivity index (χ3n) is 4.52. The number of ether oxygens (including phenoxy) is 3. The van der Waals surface area contributed by atoms with E-state index in [1.54, 1.807) is 12.1 Å². The second kappa shape index (κ2) is 9.97. The van der Waals surface area contributed by atoms with Crippen LogP contribution in [0.3, 0.4) is 0 Å². The van der Waals surface area contributed by atoms with Gasteiger partial charge in [-0.1, -0.05) is 42.5 Å². The van der Waals surface area contributed by atoms with Crippen LogP contribution in [0, 0.1) is 0 Å². The van der Waals surface area contributed by atoms with Crippen LogP contribution in [0.2, 0.25) is 0 Å². The van der Waals surface area contributed by atoms with Gasteiger partial charge in [0.2, 0.25) is 6.29 Å². The van der Waals surface area contributed by atoms with E-state index in [1.165, 1.54) is 0 Å². The Labute approximate surface area is 172 Å². The molecule has 1 aliphatic heterocycles. The third-order valence-corrected chi connectivity index (χ3v) is 4.96. The summed E-state index contributed by atoms with van der Waals surface area (Å²) in [6.07, 6.45) is -6.84. The summed E-state index contributed by atoms with van der Waals surface area (Å²) in [6, 6.07) is 16.6. The fourth-order valence-corrected chi connectivity index (χ4v) is 3.19. The predicted molar refractivity (Wildman–Crippen MR) is 103 cm³/mol. The van der Waals surface area contributed by atoms with Gasteiger partial charge >= 0.3 is 7.82 Å². The van der Waals surface area contributed by atoms with Crippen molar-refractivity contribution in [3.8, 4) is 16.9 Å². The molecule has 1 aliphatic rings. The van der Waals surface area contributed by atoms with Gasteiger partial charge in [-0.25, -0.2) is 4.57 Å². The average molecular weight is 442 g/mol. The maximum absolute atomic E-state index is 10.8. The number of hydrogen-bond acceptors (Lipinski definition) is 8. The molecule has 30 heavy (non-hydrogen) atoms. The van der Waals surface area contributed by atoms with E-state index in [1.807, 2.05) is 42.5 Å². The lowest BCUT2D eigenvalue weighted by Gasteiger charge is -2.41. The molecule has 5 atom stereocenters. The molecule has 1 heterocycles. The summed E-state index contributed by atoms with van der Waals surface area (Å²) in [5.41, 5.74) is 1.95. The Morgan fingerprint density at radius 3 is 2.17 bits per heavy atom. The minimum absolute atomic E-state index is 0.351. The Bertz CT molecular complexity index is 840. The number of hydrogen-bond donors (Lipinski definition) is 5. The Balaban J connectivity index is 1.73. The summed E-state index contributed by atoms with van der Waals surface area (Å²) in [6.45, 7) is -1.46. The number of benzene rings is 2. The smallest absolute Gasteiger partial charge is 0.462 e. The van der Waals surface area contributed by atoms with Gasteiger partial charge in [0.15, 0.2) is 12.9 Å². The average Bonchev–Trinajstić information content (AvgIpc) is 2.73. The summed E-state index contributed by atoms with van der Waals surface area (Å²) in [7, 11) is -4.80. The van der Waals surface area contributed by atoms with Gasteiger partial charge in [0.05, 0.1) is 6.61 Å². The van der Waals surface area contributed by atoms with Crippen LogP contribution in [0.4, 0.5) is 0 Å². The van der Waals surface area contributed by atoms with Crippen molar-refractivity contribution in [2.45, 2.75) is 30.7 Å². The Hall–Kier alpha value is -1.85. The fraction of sp³-hybridized carbons (Fsp3) is 0.368. The number of phosphoric ester groups is 1. The molecule has 1 fully saturated rings. The van der Waals surface area contributed by atoms with Crippen LogP contribution in [0.5, 0.6) is 5.75 Å². The minimum Gasteiger partial charge on any atom is -0.462 e. The van der Waals surface area contributed by atoms with E-state index < -0.39 is 51.9 Å². The molecular formula is C19H23O10P. The fourth-order valence-electron chi connectivity index (χ4n) is 3.00. The largest absolute Gasteiger partial charge is 0.471 e. The van der Waals surface area contributed by atoms with Crippen molar-refractivity contribution in [3.05, 3.63) is 54.6 Å². The number of phosphoric acid groups is 1. The van der Waals surface area contributed by atoms with E-state index in [0.717, 1.165) is 11.1 Å². The molecule has 0 amide bonds. The first-order valence-electron chi connectivity index (χ1n) is 9.05. The van der Waals surface area contributed by atoms with Crippen LogP contribution in [-0.2, 0) is 18.6 Å². The molecule has 0 radical (unpaired) electrons. The van der Waals surface area contributed by atoms with E-state index in [-0.39, 0.29) is 0 Å². The molecule has 3 rings (SSSR count). The van der Waals surface area contributed by atoms with Gasteiger partial charge in [-0.2, -0.15) is 0 Å². The lowest BCUT2D eigenvalue weighted by molar-refractivity contribution is -0.295. The van der Waals surface area contributed by atoms with Gasteiger partial charge in [-0.3, -0.25) is 4.52 Å². The highest BCUT2D eigenvalue weighted by atomic mass is 31.2. The molecule has 0 bridgehead atoms. The highest BCUT2D eigenvalue weighted by Gasteiger charge is 2.46. The molecule has 0 spiro atoms. The van der Waals surface area contributed by atoms with Gasteiger partial charge in [-0.15, -0.1) is 0 Å². The van der Waals surface area contributed by atoms with Crippen LogP contribution < -0.4 is 4.74 Å². The van der Waals surface area contributed by atoms with E-state index in [9.17, 15) is 19.9 Å². The molecule has 2 aromatic rings. The summed E-state index contributed by atoms with van der Waals surface area (Å²) in [5, 5.41) is 29.7. The highest BCUT2D eigenvalue weighted by molar-refractivity contribution is 7.46. The quantitative estimate of drug-likeness (QED) is 0.290. The second-order valence-corrected chi connectivity index (χ2v) is 7.82. The molecule has 0 aliphatic carbocycles. The maximum Gasteiger partial charge on any atom is 0.471 e. The first kappa shape index (κ1) is 22.8. The maximum atomic E-state index is 10.8. The Morgan fingerprint density at radius 1 is 0.933 bits per heavy atom. The Morgan fingerprint density at radius 2 is 1.57 bits per heavy atom. The number of rotatable bonds is 8. The highest BCUT2D eigenvalue weighted by Crippen LogP contribution is 2.36. The molecule has 2 aromatic carbocycles. The summed E-state index contributed by atoms with van der Waals surface area (Å²) in [5.74, 6) is 0.351. The lowest BCUT2D eigenvalue weighted by atomic mass is 9.99. The van der Waals surface area contributed by atoms with Crippen molar-refractivity contribution in [3.63, 3.8) is 0 Å². The zero-order chi connectivity index (χ0) is 21.7. The topological polar surface area (TPSA) is 155 Å². The SMILES string of the molecule is O=P(O)(O)OCO[C@@H]1[C@@H](Oc2ccc(-c3ccccc3)cc2)O[C@H](CO)[C@@H](O)[C@@H]1O. The first-order valence-corrected chi connectivity index (χ1v) is 10.6. The van der Waals surface area contributed by atoms with Crippen molar-refractivity contribution in [2.24, 2.45) is 0 Å². The minimum atomic E-state index is -4.80. The summed E-state index contributed by atoms with van der Waals surface area (Å²) < 4.78 is 31.4. The van der Waals surface area contributed by atoms with E-state index in [4.69, 9.17) is 24.0 Å². The van der Waals surface area contributed by atoms with Crippen molar-refractivity contribution >= 4 is 7.82 Å². The second-order valence-electron chi connectivity index (χ2n) is 6.58. The van der Waals surface area contributed by atoms with Gasteiger partial charge in [0, 0.05) is 0 Å². The molecule has 10 nitrogen and oxygen atoms in total. The van der Waals surface area contributed by atoms with Gasteiger partial charge in [-0.05, 0) is 23.3 Å². The normalized spacial score (nSPS) is 27.0. The van der Waals surface area contributed by atoms with Crippen LogP contribution in [0.15, 0.2) is 54.6 Å². The van der Waals surface area contributed by atoms with Crippen LogP contribution in [0.25, 0.3) is 11.1 Å². The summed E-state index contributed by atoms with van der Waals surface area (Å²) >= 11 is 0. The van der Waals surface area contributed by atoms with E-state index >= 15 is 0 Å². The first-order chi connectivity index (χ1) is 14.3. The molecule has 164 valence electrons. The zero-order valence-corrected chi connectivity index (χ0v) is 16.6. The van der Waals surface area contributed by atoms with Gasteiger partial charge < -0.3 is 39.3 Å². The van der Waals surface area contributed by atoms with Gasteiger partial charge in [0.25, 0.3) is 0 Å². The number of aliphatic hydroxyl groups is 3. The molecule has 11 heteroatoms. The van der Waals surface area contributed by atoms with Crippen molar-refractivity contribution in [1.82, 2.24) is 0 Å². The van der Waals surface area contributed by atoms with Crippen molar-refractivity contribution in [1.29, 1.82) is 0 Å². The zero-order valence-electron chi connectivity index (χ0n) is 15.7. The molecule has 0 saturated carbocycles. The van der Waals surface area contributed by atoms with Crippen LogP contribution >= 0.6 is 7.82 Å². The van der Waals surface area contributed by atoms with E-state index in [2.05, 4.69) is 4.52 Å². The molecular weight excluding hydrogens is 419 g/mol. The van der Waals surface area contributed by atoms with Crippen molar-refractivity contribution < 1.29 is 48.4 Å². The standard InChI is InChI=1S/C19H23O10P/c20-10-15-16(21)17(22)18(26-11-27-30(23,24)25)19(29-15)28-14-8-6-13(7-9-14)12-4-2-1-3-5-12/h1-9,15-22H,10-11H2,(H2,23,24,25)/t15-,16-,17+,18+,19+/m1/s1. The molecule has 0 aromatic heterocycles. The molecule has 5 N–H and O–H groups in total. The van der Waals surface area contributed by atoms with E-state index in [0.29, 0.717) is 5.75 Å². The third kappa shape index (κ3) is 5.86. The number of aliphatic hydroxyl groups excluding tert-OH is 3. The molecule has 1 saturated heterocycles. The van der Waals surface area contributed by atoms with Crippen LogP contribution in [0.1, 0.15) is 0 Å². The molecule has 0 unspecified atom stereocenters. The van der Waals surface area contributed by atoms with Gasteiger partial charge in [0.1, 0.15) is 24.1 Å². The monoisotopic (exact) mass is 442 g/mol. The predicted octanol–water partition coefficient (Wildman–Crippen LogP) is 0.623. The van der Waals surface area contributed by atoms with Crippen LogP contribution in [-0.4, -0.2) is 69.2 Å². The lowest BCUT2D eigenvalue weighted by Crippen LogP contribution is -2.61. The summed E-state index contributed by atoms with van der Waals surface area (Å²) in [4.78, 5) is 17.5. The Kier molecular flexibility index (Phi) is 7.59. The van der Waals surface area contributed by atoms with Crippen molar-refractivity contribution in [2.75, 3.05) is 13.4 Å².